The van der Waals surface area contributed by atoms with Gasteiger partial charge in [0.25, 0.3) is 5.91 Å². The number of amides is 4. The molecule has 0 bridgehead atoms. The Labute approximate surface area is 157 Å². The van der Waals surface area contributed by atoms with E-state index >= 15 is 0 Å². The lowest BCUT2D eigenvalue weighted by Gasteiger charge is -2.31. The minimum absolute atomic E-state index is 0.0198. The molecule has 144 valence electrons. The van der Waals surface area contributed by atoms with Crippen LogP contribution in [0.25, 0.3) is 0 Å². The molecule has 1 N–H and O–H groups in total. The van der Waals surface area contributed by atoms with Crippen molar-refractivity contribution in [3.8, 4) is 0 Å². The van der Waals surface area contributed by atoms with Gasteiger partial charge in [0.1, 0.15) is 0 Å². The number of hydrogen-bond acceptors (Lipinski definition) is 5. The van der Waals surface area contributed by atoms with E-state index < -0.39 is 6.03 Å². The zero-order valence-electron chi connectivity index (χ0n) is 15.3. The van der Waals surface area contributed by atoms with Crippen LogP contribution < -0.4 is 5.32 Å². The molecule has 1 aromatic rings. The van der Waals surface area contributed by atoms with Crippen LogP contribution in [0.5, 0.6) is 0 Å². The average molecular weight is 373 g/mol. The predicted octanol–water partition coefficient (Wildman–Crippen LogP) is 1.15. The van der Waals surface area contributed by atoms with E-state index in [1.54, 1.807) is 36.1 Å². The number of esters is 1. The van der Waals surface area contributed by atoms with Gasteiger partial charge in [0.05, 0.1) is 25.6 Å². The molecule has 1 aromatic carbocycles. The van der Waals surface area contributed by atoms with Gasteiger partial charge in [0.15, 0.2) is 0 Å². The molecular weight excluding hydrogens is 350 g/mol. The number of nitrogens with one attached hydrogen (secondary N) is 1. The van der Waals surface area contributed by atoms with Crippen molar-refractivity contribution >= 4 is 23.8 Å². The fourth-order valence-electron chi connectivity index (χ4n) is 3.35. The molecule has 1 unspecified atom stereocenters. The number of rotatable bonds is 5. The monoisotopic (exact) mass is 373 g/mol. The Morgan fingerprint density at radius 2 is 1.96 bits per heavy atom. The molecule has 2 aliphatic heterocycles. The smallest absolute Gasteiger partial charge is 0.324 e. The van der Waals surface area contributed by atoms with E-state index in [2.05, 4.69) is 5.32 Å². The molecule has 2 heterocycles. The zero-order chi connectivity index (χ0) is 19.4. The van der Waals surface area contributed by atoms with Crippen molar-refractivity contribution in [2.45, 2.75) is 26.3 Å². The number of likely N-dealkylation sites (tertiary alicyclic amines) is 1. The fourth-order valence-corrected chi connectivity index (χ4v) is 3.35. The second kappa shape index (κ2) is 8.20. The normalized spacial score (nSPS) is 19.8. The minimum atomic E-state index is -0.404. The maximum Gasteiger partial charge on any atom is 0.324 e. The lowest BCUT2D eigenvalue weighted by molar-refractivity contribution is -0.149. The van der Waals surface area contributed by atoms with E-state index in [9.17, 15) is 19.2 Å². The summed E-state index contributed by atoms with van der Waals surface area (Å²) in [5.41, 5.74) is 1.28. The van der Waals surface area contributed by atoms with Crippen molar-refractivity contribution in [2.75, 3.05) is 26.2 Å². The summed E-state index contributed by atoms with van der Waals surface area (Å²) < 4.78 is 5.07. The Balaban J connectivity index is 1.62. The number of urea groups is 1. The van der Waals surface area contributed by atoms with E-state index in [1.807, 2.05) is 0 Å². The molecule has 8 heteroatoms. The first kappa shape index (κ1) is 18.9. The fraction of sp³-hybridized carbons (Fsp3) is 0.474. The first-order valence-corrected chi connectivity index (χ1v) is 9.12. The Morgan fingerprint density at radius 3 is 2.59 bits per heavy atom. The number of hydrogen-bond donors (Lipinski definition) is 1. The maximum atomic E-state index is 12.7. The standard InChI is InChI=1S/C19H23N3O5/c1-2-27-18(25)15-4-3-9-21(12-15)17(24)14-7-5-13(6-8-14)11-22-16(23)10-20-19(22)26/h5-8,15H,2-4,9-12H2,1H3,(H,20,26). The zero-order valence-corrected chi connectivity index (χ0v) is 15.3. The third-order valence-corrected chi connectivity index (χ3v) is 4.81. The largest absolute Gasteiger partial charge is 0.466 e. The van der Waals surface area contributed by atoms with Crippen LogP contribution >= 0.6 is 0 Å². The highest BCUT2D eigenvalue weighted by atomic mass is 16.5. The van der Waals surface area contributed by atoms with Crippen molar-refractivity contribution in [1.82, 2.24) is 15.1 Å². The van der Waals surface area contributed by atoms with Gasteiger partial charge in [-0.1, -0.05) is 12.1 Å². The van der Waals surface area contributed by atoms with Gasteiger partial charge in [-0.2, -0.15) is 0 Å². The SMILES string of the molecule is CCOC(=O)C1CCCN(C(=O)c2ccc(CN3C(=O)CNC3=O)cc2)C1. The average Bonchev–Trinajstić information content (AvgIpc) is 3.00. The summed E-state index contributed by atoms with van der Waals surface area (Å²) >= 11 is 0. The summed E-state index contributed by atoms with van der Waals surface area (Å²) in [5.74, 6) is -0.926. The van der Waals surface area contributed by atoms with Crippen molar-refractivity contribution in [3.05, 3.63) is 35.4 Å². The topological polar surface area (TPSA) is 96.0 Å². The highest BCUT2D eigenvalue weighted by Gasteiger charge is 2.30. The third-order valence-electron chi connectivity index (χ3n) is 4.81. The van der Waals surface area contributed by atoms with Crippen LogP contribution in [0.1, 0.15) is 35.7 Å². The van der Waals surface area contributed by atoms with Gasteiger partial charge in [-0.25, -0.2) is 4.79 Å². The van der Waals surface area contributed by atoms with Crippen molar-refractivity contribution in [3.63, 3.8) is 0 Å². The number of benzene rings is 1. The van der Waals surface area contributed by atoms with Crippen LogP contribution in [0.3, 0.4) is 0 Å². The molecule has 0 saturated carbocycles. The van der Waals surface area contributed by atoms with Crippen LogP contribution in [0.4, 0.5) is 4.79 Å². The molecule has 4 amide bonds. The quantitative estimate of drug-likeness (QED) is 0.617. The molecule has 8 nitrogen and oxygen atoms in total. The van der Waals surface area contributed by atoms with Gasteiger partial charge in [0, 0.05) is 18.7 Å². The Kier molecular flexibility index (Phi) is 5.73. The van der Waals surface area contributed by atoms with E-state index in [1.165, 1.54) is 0 Å². The van der Waals surface area contributed by atoms with Crippen LogP contribution in [0.15, 0.2) is 24.3 Å². The number of carbonyl (C=O) groups excluding carboxylic acids is 4. The first-order valence-electron chi connectivity index (χ1n) is 9.12. The number of nitrogens with zero attached hydrogens (tertiary/aromatic N) is 2. The number of carbonyl (C=O) groups is 4. The molecule has 2 aliphatic rings. The lowest BCUT2D eigenvalue weighted by atomic mass is 9.97. The molecule has 0 spiro atoms. The Bertz CT molecular complexity index is 730. The highest BCUT2D eigenvalue weighted by molar-refractivity contribution is 6.01. The molecule has 27 heavy (non-hydrogen) atoms. The first-order chi connectivity index (χ1) is 13.0. The summed E-state index contributed by atoms with van der Waals surface area (Å²) in [5, 5.41) is 2.47. The van der Waals surface area contributed by atoms with Crippen LogP contribution in [0.2, 0.25) is 0 Å². The predicted molar refractivity (Wildman–Crippen MR) is 95.7 cm³/mol. The van der Waals surface area contributed by atoms with Gasteiger partial charge in [-0.05, 0) is 37.5 Å². The van der Waals surface area contributed by atoms with Crippen molar-refractivity contribution in [2.24, 2.45) is 5.92 Å². The Morgan fingerprint density at radius 1 is 1.22 bits per heavy atom. The van der Waals surface area contributed by atoms with Crippen LogP contribution in [-0.4, -0.2) is 59.9 Å². The molecule has 2 saturated heterocycles. The van der Waals surface area contributed by atoms with Crippen LogP contribution in [-0.2, 0) is 20.9 Å². The molecule has 3 rings (SSSR count). The summed E-state index contributed by atoms with van der Waals surface area (Å²) in [6.07, 6.45) is 1.49. The molecule has 0 radical (unpaired) electrons. The number of piperidine rings is 1. The summed E-state index contributed by atoms with van der Waals surface area (Å²) in [4.78, 5) is 50.7. The Hall–Kier alpha value is -2.90. The van der Waals surface area contributed by atoms with Crippen molar-refractivity contribution in [1.29, 1.82) is 0 Å². The second-order valence-corrected chi connectivity index (χ2v) is 6.68. The summed E-state index contributed by atoms with van der Waals surface area (Å²) in [6.45, 7) is 3.27. The second-order valence-electron chi connectivity index (χ2n) is 6.68. The summed E-state index contributed by atoms with van der Waals surface area (Å²) in [7, 11) is 0. The summed E-state index contributed by atoms with van der Waals surface area (Å²) in [6, 6.07) is 6.44. The molecule has 0 aromatic heterocycles. The number of imide groups is 1. The van der Waals surface area contributed by atoms with Crippen LogP contribution in [0, 0.1) is 5.92 Å². The highest BCUT2D eigenvalue weighted by Crippen LogP contribution is 2.20. The van der Waals surface area contributed by atoms with E-state index in [0.29, 0.717) is 25.3 Å². The maximum absolute atomic E-state index is 12.7. The van der Waals surface area contributed by atoms with E-state index in [0.717, 1.165) is 23.3 Å². The van der Waals surface area contributed by atoms with Crippen molar-refractivity contribution < 1.29 is 23.9 Å². The van der Waals surface area contributed by atoms with E-state index in [-0.39, 0.29) is 36.8 Å². The molecule has 0 aliphatic carbocycles. The van der Waals surface area contributed by atoms with E-state index in [4.69, 9.17) is 4.74 Å². The van der Waals surface area contributed by atoms with Gasteiger partial charge in [0.2, 0.25) is 5.91 Å². The lowest BCUT2D eigenvalue weighted by Crippen LogP contribution is -2.42. The van der Waals surface area contributed by atoms with Gasteiger partial charge < -0.3 is 15.0 Å². The van der Waals surface area contributed by atoms with Gasteiger partial charge >= 0.3 is 12.0 Å². The molecular formula is C19H23N3O5. The number of ether oxygens (including phenoxy) is 1. The molecule has 2 fully saturated rings. The van der Waals surface area contributed by atoms with Gasteiger partial charge in [-0.3, -0.25) is 19.3 Å². The van der Waals surface area contributed by atoms with Gasteiger partial charge in [-0.15, -0.1) is 0 Å². The molecule has 1 atom stereocenters. The third kappa shape index (κ3) is 4.27. The minimum Gasteiger partial charge on any atom is -0.466 e.